The van der Waals surface area contributed by atoms with Gasteiger partial charge in [0.2, 0.25) is 11.7 Å². The average Bonchev–Trinajstić information content (AvgIpc) is 3.01. The standard InChI is InChI=1S/C22H27ClN2O6/c1-10-17(26)16(19(28)20(29)18(10)27)14-7-15(13-6-11(23)4-5-12(13)14)25-8-21(2,3)24-22(30,31)9-25/h4-6,14-15,24,26-31H,7-9H2,1-3H3/t14-,15-/m1/s1. The highest BCUT2D eigenvalue weighted by atomic mass is 35.5. The van der Waals surface area contributed by atoms with Gasteiger partial charge in [0, 0.05) is 40.2 Å². The lowest BCUT2D eigenvalue weighted by atomic mass is 9.89. The number of rotatable bonds is 2. The van der Waals surface area contributed by atoms with Crippen molar-refractivity contribution in [2.24, 2.45) is 0 Å². The molecule has 2 aromatic rings. The van der Waals surface area contributed by atoms with Gasteiger partial charge >= 0.3 is 0 Å². The third kappa shape index (κ3) is 3.68. The largest absolute Gasteiger partial charge is 0.507 e. The Hall–Kier alpha value is -2.23. The van der Waals surface area contributed by atoms with Crippen LogP contribution in [0.25, 0.3) is 0 Å². The normalized spacial score (nSPS) is 24.8. The number of benzene rings is 2. The number of phenolic OH excluding ortho intramolecular Hbond substituents is 4. The fourth-order valence-corrected chi connectivity index (χ4v) is 5.29. The first-order valence-electron chi connectivity index (χ1n) is 10.0. The molecule has 2 aromatic carbocycles. The molecule has 2 atom stereocenters. The van der Waals surface area contributed by atoms with Crippen LogP contribution in [0, 0.1) is 6.92 Å². The van der Waals surface area contributed by atoms with Crippen molar-refractivity contribution in [2.45, 2.75) is 50.6 Å². The monoisotopic (exact) mass is 450 g/mol. The molecule has 1 aliphatic carbocycles. The first kappa shape index (κ1) is 22.0. The maximum absolute atomic E-state index is 10.7. The summed E-state index contributed by atoms with van der Waals surface area (Å²) in [4.78, 5) is 1.94. The number of hydrogen-bond donors (Lipinski definition) is 7. The van der Waals surface area contributed by atoms with E-state index in [4.69, 9.17) is 11.6 Å². The van der Waals surface area contributed by atoms with Gasteiger partial charge in [-0.3, -0.25) is 10.2 Å². The molecule has 1 fully saturated rings. The Bertz CT molecular complexity index is 1010. The highest BCUT2D eigenvalue weighted by molar-refractivity contribution is 6.30. The van der Waals surface area contributed by atoms with Crippen LogP contribution in [0.2, 0.25) is 5.02 Å². The number of nitrogens with one attached hydrogen (secondary N) is 1. The molecule has 4 rings (SSSR count). The Morgan fingerprint density at radius 3 is 2.29 bits per heavy atom. The molecule has 0 aromatic heterocycles. The van der Waals surface area contributed by atoms with Crippen LogP contribution < -0.4 is 5.32 Å². The van der Waals surface area contributed by atoms with Crippen molar-refractivity contribution in [1.82, 2.24) is 10.2 Å². The van der Waals surface area contributed by atoms with E-state index in [0.29, 0.717) is 18.0 Å². The smallest absolute Gasteiger partial charge is 0.236 e. The quantitative estimate of drug-likeness (QED) is 0.210. The lowest BCUT2D eigenvalue weighted by Crippen LogP contribution is -2.69. The number of nitrogens with zero attached hydrogens (tertiary/aromatic N) is 1. The number of hydrogen-bond acceptors (Lipinski definition) is 8. The molecular weight excluding hydrogens is 424 g/mol. The van der Waals surface area contributed by atoms with Crippen LogP contribution in [-0.4, -0.2) is 60.1 Å². The van der Waals surface area contributed by atoms with Gasteiger partial charge in [-0.05, 0) is 50.5 Å². The van der Waals surface area contributed by atoms with Gasteiger partial charge in [-0.1, -0.05) is 17.7 Å². The average molecular weight is 451 g/mol. The summed E-state index contributed by atoms with van der Waals surface area (Å²) < 4.78 is 0. The Balaban J connectivity index is 1.84. The predicted octanol–water partition coefficient (Wildman–Crippen LogP) is 2.37. The second-order valence-electron chi connectivity index (χ2n) is 9.24. The summed E-state index contributed by atoms with van der Waals surface area (Å²) in [6, 6.07) is 5.03. The third-order valence-electron chi connectivity index (χ3n) is 6.26. The molecule has 8 nitrogen and oxygen atoms in total. The van der Waals surface area contributed by atoms with Crippen LogP contribution in [-0.2, 0) is 0 Å². The SMILES string of the molecule is Cc1c(O)c(O)c(O)c([C@@H]2C[C@@H](N3CC(C)(C)NC(O)(O)C3)c3cc(Cl)ccc32)c1O. The van der Waals surface area contributed by atoms with Crippen molar-refractivity contribution in [2.75, 3.05) is 13.1 Å². The van der Waals surface area contributed by atoms with Crippen LogP contribution >= 0.6 is 11.6 Å². The highest BCUT2D eigenvalue weighted by Crippen LogP contribution is 2.56. The zero-order chi connectivity index (χ0) is 22.9. The van der Waals surface area contributed by atoms with Gasteiger partial charge in [0.15, 0.2) is 11.5 Å². The maximum Gasteiger partial charge on any atom is 0.236 e. The predicted molar refractivity (Wildman–Crippen MR) is 114 cm³/mol. The molecule has 0 radical (unpaired) electrons. The van der Waals surface area contributed by atoms with Crippen molar-refractivity contribution in [1.29, 1.82) is 0 Å². The zero-order valence-electron chi connectivity index (χ0n) is 17.5. The summed E-state index contributed by atoms with van der Waals surface area (Å²) in [5.41, 5.74) is 1.23. The number of piperazine rings is 1. The molecule has 31 heavy (non-hydrogen) atoms. The first-order valence-corrected chi connectivity index (χ1v) is 10.4. The summed E-state index contributed by atoms with van der Waals surface area (Å²) in [5.74, 6) is -4.72. The van der Waals surface area contributed by atoms with Gasteiger partial charge < -0.3 is 30.6 Å². The van der Waals surface area contributed by atoms with Crippen LogP contribution in [0.15, 0.2) is 18.2 Å². The molecule has 0 bridgehead atoms. The third-order valence-corrected chi connectivity index (χ3v) is 6.50. The van der Waals surface area contributed by atoms with Crippen LogP contribution in [0.5, 0.6) is 23.0 Å². The molecule has 1 saturated heterocycles. The molecule has 7 N–H and O–H groups in total. The molecule has 0 unspecified atom stereocenters. The Morgan fingerprint density at radius 2 is 1.65 bits per heavy atom. The van der Waals surface area contributed by atoms with Gasteiger partial charge in [-0.2, -0.15) is 0 Å². The van der Waals surface area contributed by atoms with E-state index in [9.17, 15) is 30.6 Å². The number of halogens is 1. The molecule has 9 heteroatoms. The van der Waals surface area contributed by atoms with E-state index in [-0.39, 0.29) is 29.5 Å². The molecule has 1 heterocycles. The van der Waals surface area contributed by atoms with E-state index >= 15 is 0 Å². The number of fused-ring (bicyclic) bond motifs is 1. The molecule has 2 aliphatic rings. The van der Waals surface area contributed by atoms with Crippen LogP contribution in [0.4, 0.5) is 0 Å². The second kappa shape index (κ2) is 7.15. The van der Waals surface area contributed by atoms with Gasteiger partial charge in [0.25, 0.3) is 0 Å². The van der Waals surface area contributed by atoms with Gasteiger partial charge in [-0.25, -0.2) is 0 Å². The van der Waals surface area contributed by atoms with Gasteiger partial charge in [-0.15, -0.1) is 0 Å². The Kier molecular flexibility index (Phi) is 5.07. The Labute approximate surface area is 185 Å². The van der Waals surface area contributed by atoms with Crippen molar-refractivity contribution in [3.05, 3.63) is 45.5 Å². The number of aromatic hydroxyl groups is 4. The first-order chi connectivity index (χ1) is 14.3. The molecule has 0 spiro atoms. The molecule has 0 amide bonds. The van der Waals surface area contributed by atoms with Gasteiger partial charge in [0.05, 0.1) is 6.54 Å². The second-order valence-corrected chi connectivity index (χ2v) is 9.68. The van der Waals surface area contributed by atoms with Gasteiger partial charge in [0.1, 0.15) is 5.75 Å². The fraction of sp³-hybridized carbons (Fsp3) is 0.455. The van der Waals surface area contributed by atoms with E-state index in [1.54, 1.807) is 18.2 Å². The minimum atomic E-state index is -2.09. The summed E-state index contributed by atoms with van der Waals surface area (Å²) in [7, 11) is 0. The van der Waals surface area contributed by atoms with E-state index < -0.39 is 34.6 Å². The van der Waals surface area contributed by atoms with Crippen molar-refractivity contribution >= 4 is 11.6 Å². The van der Waals surface area contributed by atoms with E-state index in [2.05, 4.69) is 5.32 Å². The van der Waals surface area contributed by atoms with Crippen LogP contribution in [0.3, 0.4) is 0 Å². The summed E-state index contributed by atoms with van der Waals surface area (Å²) in [6.07, 6.45) is 0.395. The fourth-order valence-electron chi connectivity index (χ4n) is 5.11. The topological polar surface area (TPSA) is 137 Å². The molecular formula is C22H27ClN2O6. The molecule has 1 aliphatic heterocycles. The summed E-state index contributed by atoms with van der Waals surface area (Å²) in [6.45, 7) is 5.64. The van der Waals surface area contributed by atoms with Crippen molar-refractivity contribution in [3.8, 4) is 23.0 Å². The van der Waals surface area contributed by atoms with E-state index in [1.165, 1.54) is 6.92 Å². The van der Waals surface area contributed by atoms with E-state index in [0.717, 1.165) is 11.1 Å². The lowest BCUT2D eigenvalue weighted by Gasteiger charge is -2.48. The summed E-state index contributed by atoms with van der Waals surface area (Å²) in [5, 5.41) is 65.5. The number of β-amino-alcohol motifs (C(OH)–C–C–N with tert-alkyl or cyclic N) is 2. The minimum absolute atomic E-state index is 0.0579. The summed E-state index contributed by atoms with van der Waals surface area (Å²) >= 11 is 6.27. The number of phenols is 4. The van der Waals surface area contributed by atoms with Crippen LogP contribution in [0.1, 0.15) is 54.5 Å². The maximum atomic E-state index is 10.7. The number of aliphatic hydroxyl groups is 2. The highest BCUT2D eigenvalue weighted by Gasteiger charge is 2.46. The molecule has 168 valence electrons. The van der Waals surface area contributed by atoms with E-state index in [1.807, 2.05) is 18.7 Å². The van der Waals surface area contributed by atoms with Crippen molar-refractivity contribution < 1.29 is 30.6 Å². The lowest BCUT2D eigenvalue weighted by molar-refractivity contribution is -0.234. The minimum Gasteiger partial charge on any atom is -0.507 e. The zero-order valence-corrected chi connectivity index (χ0v) is 18.3. The molecule has 0 saturated carbocycles. The Morgan fingerprint density at radius 1 is 0.968 bits per heavy atom. The van der Waals surface area contributed by atoms with Crippen molar-refractivity contribution in [3.63, 3.8) is 0 Å².